The van der Waals surface area contributed by atoms with Gasteiger partial charge in [-0.2, -0.15) is 0 Å². The highest BCUT2D eigenvalue weighted by Crippen LogP contribution is 2.46. The van der Waals surface area contributed by atoms with Gasteiger partial charge in [0, 0.05) is 7.11 Å². The topological polar surface area (TPSA) is 58.6 Å². The second kappa shape index (κ2) is 5.02. The number of nitrogens with one attached hydrogen (secondary N) is 1. The number of hydrogen-bond acceptors (Lipinski definition) is 3. The van der Waals surface area contributed by atoms with E-state index in [0.717, 1.165) is 12.8 Å². The maximum Gasteiger partial charge on any atom is 0.249 e. The van der Waals surface area contributed by atoms with Gasteiger partial charge in [-0.25, -0.2) is 0 Å². The van der Waals surface area contributed by atoms with Gasteiger partial charge in [-0.1, -0.05) is 6.92 Å². The van der Waals surface area contributed by atoms with Crippen LogP contribution in [-0.2, 0) is 14.3 Å². The van der Waals surface area contributed by atoms with Crippen LogP contribution in [0.3, 0.4) is 0 Å². The van der Waals surface area contributed by atoms with Crippen LogP contribution in [0.25, 0.3) is 0 Å². The summed E-state index contributed by atoms with van der Waals surface area (Å²) in [7, 11) is 1.62. The van der Waals surface area contributed by atoms with Crippen LogP contribution in [0.15, 0.2) is 0 Å². The third kappa shape index (κ3) is 2.12. The van der Waals surface area contributed by atoms with Crippen molar-refractivity contribution in [3.63, 3.8) is 0 Å². The highest BCUT2D eigenvalue weighted by Gasteiger charge is 2.60. The molecular weight excluding hydrogens is 256 g/mol. The molecule has 0 spiro atoms. The van der Waals surface area contributed by atoms with Crippen LogP contribution in [0.2, 0.25) is 0 Å². The number of rotatable bonds is 5. The molecule has 3 atom stereocenters. The van der Waals surface area contributed by atoms with E-state index in [0.29, 0.717) is 13.0 Å². The molecule has 1 aliphatic carbocycles. The predicted octanol–water partition coefficient (Wildman–Crippen LogP) is 1.32. The summed E-state index contributed by atoms with van der Waals surface area (Å²) < 4.78 is 5.21. The molecule has 0 aromatic heterocycles. The number of ether oxygens (including phenoxy) is 1. The summed E-state index contributed by atoms with van der Waals surface area (Å²) >= 11 is 0. The number of amides is 2. The largest absolute Gasteiger partial charge is 0.383 e. The molecule has 5 heteroatoms. The predicted molar refractivity (Wildman–Crippen MR) is 76.2 cm³/mol. The number of piperazine rings is 1. The highest BCUT2D eigenvalue weighted by atomic mass is 16.5. The van der Waals surface area contributed by atoms with Crippen LogP contribution in [0.5, 0.6) is 0 Å². The summed E-state index contributed by atoms with van der Waals surface area (Å²) in [5.41, 5.74) is -1.53. The lowest BCUT2D eigenvalue weighted by Crippen LogP contribution is -2.76. The summed E-state index contributed by atoms with van der Waals surface area (Å²) in [5.74, 6) is 0.262. The average Bonchev–Trinajstić information content (AvgIpc) is 3.21. The maximum absolute atomic E-state index is 12.9. The minimum absolute atomic E-state index is 0.0125. The molecule has 1 aliphatic heterocycles. The van der Waals surface area contributed by atoms with E-state index in [1.165, 1.54) is 0 Å². The third-order valence-electron chi connectivity index (χ3n) is 4.97. The van der Waals surface area contributed by atoms with Crippen LogP contribution >= 0.6 is 0 Å². The fourth-order valence-electron chi connectivity index (χ4n) is 3.26. The zero-order valence-electron chi connectivity index (χ0n) is 13.2. The van der Waals surface area contributed by atoms with Crippen molar-refractivity contribution in [1.29, 1.82) is 0 Å². The lowest BCUT2D eigenvalue weighted by molar-refractivity contribution is -0.168. The van der Waals surface area contributed by atoms with Crippen LogP contribution in [0.1, 0.15) is 47.0 Å². The fraction of sp³-hybridized carbons (Fsp3) is 0.867. The Kier molecular flexibility index (Phi) is 3.84. The van der Waals surface area contributed by atoms with Crippen molar-refractivity contribution in [2.45, 2.75) is 64.1 Å². The van der Waals surface area contributed by atoms with Gasteiger partial charge in [-0.05, 0) is 46.0 Å². The lowest BCUT2D eigenvalue weighted by atomic mass is 9.81. The van der Waals surface area contributed by atoms with E-state index in [2.05, 4.69) is 5.32 Å². The Labute approximate surface area is 121 Å². The molecule has 2 aliphatic rings. The van der Waals surface area contributed by atoms with Crippen LogP contribution in [0, 0.1) is 5.92 Å². The van der Waals surface area contributed by atoms with Crippen molar-refractivity contribution in [2.75, 3.05) is 13.7 Å². The van der Waals surface area contributed by atoms with Gasteiger partial charge in [0.1, 0.15) is 11.1 Å². The van der Waals surface area contributed by atoms with Crippen molar-refractivity contribution in [3.05, 3.63) is 0 Å². The molecule has 2 rings (SSSR count). The average molecular weight is 282 g/mol. The molecule has 1 heterocycles. The smallest absolute Gasteiger partial charge is 0.249 e. The van der Waals surface area contributed by atoms with Crippen molar-refractivity contribution in [1.82, 2.24) is 10.2 Å². The molecular formula is C15H26N2O3. The van der Waals surface area contributed by atoms with Gasteiger partial charge >= 0.3 is 0 Å². The molecule has 1 saturated carbocycles. The Morgan fingerprint density at radius 2 is 2.00 bits per heavy atom. The third-order valence-corrected chi connectivity index (χ3v) is 4.97. The Morgan fingerprint density at radius 1 is 1.40 bits per heavy atom. The number of carbonyl (C=O) groups is 2. The van der Waals surface area contributed by atoms with E-state index in [1.807, 2.05) is 27.7 Å². The molecule has 0 radical (unpaired) electrons. The van der Waals surface area contributed by atoms with E-state index < -0.39 is 11.1 Å². The molecule has 0 aromatic rings. The normalized spacial score (nSPS) is 36.0. The molecule has 114 valence electrons. The minimum atomic E-state index is -0.798. The second-order valence-electron chi connectivity index (χ2n) is 6.54. The monoisotopic (exact) mass is 282 g/mol. The first kappa shape index (κ1) is 15.3. The summed E-state index contributed by atoms with van der Waals surface area (Å²) in [6.45, 7) is 8.04. The first-order valence-electron chi connectivity index (χ1n) is 7.46. The van der Waals surface area contributed by atoms with Gasteiger partial charge in [0.05, 0.1) is 12.6 Å². The van der Waals surface area contributed by atoms with Gasteiger partial charge in [-0.3, -0.25) is 9.59 Å². The van der Waals surface area contributed by atoms with Gasteiger partial charge < -0.3 is 15.0 Å². The zero-order chi connectivity index (χ0) is 15.1. The van der Waals surface area contributed by atoms with E-state index in [4.69, 9.17) is 4.74 Å². The maximum atomic E-state index is 12.9. The first-order valence-corrected chi connectivity index (χ1v) is 7.46. The van der Waals surface area contributed by atoms with Crippen LogP contribution in [-0.4, -0.2) is 47.6 Å². The molecule has 5 nitrogen and oxygen atoms in total. The quantitative estimate of drug-likeness (QED) is 0.827. The number of methoxy groups -OCH3 is 1. The molecule has 20 heavy (non-hydrogen) atoms. The summed E-state index contributed by atoms with van der Waals surface area (Å²) in [4.78, 5) is 27.4. The van der Waals surface area contributed by atoms with E-state index in [-0.39, 0.29) is 23.8 Å². The summed E-state index contributed by atoms with van der Waals surface area (Å²) in [6.07, 6.45) is 2.61. The molecule has 2 fully saturated rings. The van der Waals surface area contributed by atoms with Crippen molar-refractivity contribution in [3.8, 4) is 0 Å². The van der Waals surface area contributed by atoms with Gasteiger partial charge in [0.15, 0.2) is 0 Å². The molecule has 0 aromatic carbocycles. The summed E-state index contributed by atoms with van der Waals surface area (Å²) in [5, 5.41) is 2.96. The second-order valence-corrected chi connectivity index (χ2v) is 6.54. The molecule has 0 bridgehead atoms. The number of carbonyl (C=O) groups excluding carboxylic acids is 2. The van der Waals surface area contributed by atoms with Gasteiger partial charge in [0.2, 0.25) is 11.8 Å². The van der Waals surface area contributed by atoms with Crippen LogP contribution < -0.4 is 5.32 Å². The highest BCUT2D eigenvalue weighted by molar-refractivity contribution is 6.02. The standard InChI is InChI=1S/C15H26N2O3/c1-6-14(3)13(19)17(10(2)9-20-5)15(4,11-7-8-11)12(18)16-14/h10-11H,6-9H2,1-5H3,(H,16,18). The number of nitrogens with zero attached hydrogens (tertiary/aromatic N) is 1. The fourth-order valence-corrected chi connectivity index (χ4v) is 3.26. The SMILES string of the molecule is CCC1(C)NC(=O)C(C)(C2CC2)N(C(C)COC)C1=O. The van der Waals surface area contributed by atoms with Crippen molar-refractivity contribution in [2.24, 2.45) is 5.92 Å². The van der Waals surface area contributed by atoms with E-state index in [9.17, 15) is 9.59 Å². The molecule has 1 N–H and O–H groups in total. The van der Waals surface area contributed by atoms with E-state index >= 15 is 0 Å². The van der Waals surface area contributed by atoms with Crippen molar-refractivity contribution < 1.29 is 14.3 Å². The van der Waals surface area contributed by atoms with Crippen LogP contribution in [0.4, 0.5) is 0 Å². The number of hydrogen-bond donors (Lipinski definition) is 1. The molecule has 2 amide bonds. The first-order chi connectivity index (χ1) is 9.31. The van der Waals surface area contributed by atoms with Gasteiger partial charge in [-0.15, -0.1) is 0 Å². The summed E-state index contributed by atoms with van der Waals surface area (Å²) in [6, 6.07) is -0.102. The molecule has 3 unspecified atom stereocenters. The zero-order valence-corrected chi connectivity index (χ0v) is 13.2. The Hall–Kier alpha value is -1.10. The minimum Gasteiger partial charge on any atom is -0.383 e. The van der Waals surface area contributed by atoms with Gasteiger partial charge in [0.25, 0.3) is 0 Å². The molecule has 1 saturated heterocycles. The van der Waals surface area contributed by atoms with E-state index in [1.54, 1.807) is 12.0 Å². The Balaban J connectivity index is 2.41. The Bertz CT molecular complexity index is 421. The lowest BCUT2D eigenvalue weighted by Gasteiger charge is -2.52. The van der Waals surface area contributed by atoms with Crippen molar-refractivity contribution >= 4 is 11.8 Å². The Morgan fingerprint density at radius 3 is 2.45 bits per heavy atom.